The number of halogens is 1. The van der Waals surface area contributed by atoms with Gasteiger partial charge >= 0.3 is 0 Å². The number of carbonyl (C=O) groups excluding carboxylic acids is 1. The summed E-state index contributed by atoms with van der Waals surface area (Å²) in [6.45, 7) is 2.80. The number of methoxy groups -OCH3 is 1. The van der Waals surface area contributed by atoms with Gasteiger partial charge in [0.1, 0.15) is 11.6 Å². The molecular formula is C27H25FN6O3. The number of pyridine rings is 1. The second-order valence-electron chi connectivity index (χ2n) is 8.59. The Balaban J connectivity index is 1.50. The third-order valence-electron chi connectivity index (χ3n) is 6.28. The van der Waals surface area contributed by atoms with E-state index >= 15 is 4.39 Å². The molecule has 3 aromatic heterocycles. The van der Waals surface area contributed by atoms with Crippen LogP contribution in [0.4, 0.5) is 10.3 Å². The fourth-order valence-corrected chi connectivity index (χ4v) is 4.56. The lowest BCUT2D eigenvalue weighted by Crippen LogP contribution is -2.38. The largest absolute Gasteiger partial charge is 0.497 e. The molecule has 1 fully saturated rings. The fraction of sp³-hybridized carbons (Fsp3) is 0.259. The van der Waals surface area contributed by atoms with Crippen LogP contribution in [0.15, 0.2) is 48.8 Å². The van der Waals surface area contributed by atoms with Crippen LogP contribution < -0.4 is 15.2 Å². The van der Waals surface area contributed by atoms with Crippen molar-refractivity contribution in [3.63, 3.8) is 0 Å². The maximum Gasteiger partial charge on any atom is 0.298 e. The first-order valence-electron chi connectivity index (χ1n) is 11.8. The topological polar surface area (TPSA) is 108 Å². The lowest BCUT2D eigenvalue weighted by molar-refractivity contribution is -0.126. The molecule has 2 N–H and O–H groups in total. The number of nitrogens with zero attached hydrogens (tertiary/aromatic N) is 5. The van der Waals surface area contributed by atoms with E-state index in [1.165, 1.54) is 25.4 Å². The van der Waals surface area contributed by atoms with E-state index in [0.29, 0.717) is 30.2 Å². The number of ether oxygens (including phenoxy) is 2. The highest BCUT2D eigenvalue weighted by atomic mass is 19.1. The Hall–Kier alpha value is -4.65. The van der Waals surface area contributed by atoms with Gasteiger partial charge in [0.05, 0.1) is 18.3 Å². The molecule has 0 bridgehead atoms. The van der Waals surface area contributed by atoms with Crippen LogP contribution >= 0.6 is 0 Å². The summed E-state index contributed by atoms with van der Waals surface area (Å²) in [4.78, 5) is 27.3. The smallest absolute Gasteiger partial charge is 0.298 e. The molecule has 9 nitrogen and oxygen atoms in total. The normalized spacial score (nSPS) is 15.2. The molecule has 1 aliphatic heterocycles. The van der Waals surface area contributed by atoms with Crippen molar-refractivity contribution in [1.82, 2.24) is 24.3 Å². The van der Waals surface area contributed by atoms with Gasteiger partial charge in [0.25, 0.3) is 5.91 Å². The number of piperidine rings is 1. The minimum absolute atomic E-state index is 0.00940. The van der Waals surface area contributed by atoms with Gasteiger partial charge in [-0.15, -0.1) is 0 Å². The standard InChI is InChI=1S/C27H25FN6O3/c1-3-5-24(35)33-13-4-6-18(16-33)25-21-10-12-31-27(29)34(21)26(32-25)17-7-8-22(20(28)14-17)37-23-15-19(36-2)9-11-30-23/h7-12,14-15,18H,4,6,13,16H2,1-2H3,(H2,29,31). The monoisotopic (exact) mass is 500 g/mol. The van der Waals surface area contributed by atoms with Crippen LogP contribution in [-0.2, 0) is 4.79 Å². The van der Waals surface area contributed by atoms with Gasteiger partial charge in [-0.1, -0.05) is 5.92 Å². The third-order valence-corrected chi connectivity index (χ3v) is 6.28. The molecule has 4 aromatic rings. The number of benzene rings is 1. The van der Waals surface area contributed by atoms with Gasteiger partial charge in [0.2, 0.25) is 11.8 Å². The van der Waals surface area contributed by atoms with Crippen molar-refractivity contribution in [3.8, 4) is 40.6 Å². The number of aromatic nitrogens is 4. The zero-order chi connectivity index (χ0) is 25.9. The van der Waals surface area contributed by atoms with E-state index in [-0.39, 0.29) is 29.4 Å². The van der Waals surface area contributed by atoms with Crippen LogP contribution in [0.25, 0.3) is 16.9 Å². The first-order chi connectivity index (χ1) is 18.0. The number of fused-ring (bicyclic) bond motifs is 1. The van der Waals surface area contributed by atoms with E-state index in [1.807, 2.05) is 6.07 Å². The number of amides is 1. The lowest BCUT2D eigenvalue weighted by Gasteiger charge is -2.30. The Morgan fingerprint density at radius 3 is 2.81 bits per heavy atom. The van der Waals surface area contributed by atoms with Crippen LogP contribution in [0.5, 0.6) is 17.4 Å². The molecule has 188 valence electrons. The van der Waals surface area contributed by atoms with E-state index < -0.39 is 5.82 Å². The van der Waals surface area contributed by atoms with Crippen LogP contribution in [-0.4, -0.2) is 50.4 Å². The van der Waals surface area contributed by atoms with E-state index in [4.69, 9.17) is 20.2 Å². The molecule has 1 unspecified atom stereocenters. The van der Waals surface area contributed by atoms with Crippen LogP contribution in [0.2, 0.25) is 0 Å². The van der Waals surface area contributed by atoms with E-state index in [0.717, 1.165) is 24.1 Å². The van der Waals surface area contributed by atoms with E-state index in [1.54, 1.807) is 40.6 Å². The Morgan fingerprint density at radius 2 is 2.03 bits per heavy atom. The van der Waals surface area contributed by atoms with Gasteiger partial charge in [-0.3, -0.25) is 9.20 Å². The van der Waals surface area contributed by atoms with Crippen molar-refractivity contribution in [2.24, 2.45) is 0 Å². The fourth-order valence-electron chi connectivity index (χ4n) is 4.56. The molecule has 1 aromatic carbocycles. The number of likely N-dealkylation sites (tertiary alicyclic amines) is 1. The first-order valence-corrected chi connectivity index (χ1v) is 11.8. The lowest BCUT2D eigenvalue weighted by atomic mass is 9.94. The summed E-state index contributed by atoms with van der Waals surface area (Å²) >= 11 is 0. The minimum Gasteiger partial charge on any atom is -0.497 e. The minimum atomic E-state index is -0.588. The van der Waals surface area contributed by atoms with Gasteiger partial charge in [-0.05, 0) is 56.0 Å². The Kier molecular flexibility index (Phi) is 6.60. The summed E-state index contributed by atoms with van der Waals surface area (Å²) in [7, 11) is 1.53. The molecule has 10 heteroatoms. The van der Waals surface area contributed by atoms with Crippen LogP contribution in [0, 0.1) is 17.7 Å². The average Bonchev–Trinajstić information content (AvgIpc) is 3.31. The summed E-state index contributed by atoms with van der Waals surface area (Å²) in [5.74, 6) is 5.93. The van der Waals surface area contributed by atoms with E-state index in [9.17, 15) is 4.79 Å². The maximum atomic E-state index is 15.2. The van der Waals surface area contributed by atoms with Crippen molar-refractivity contribution in [1.29, 1.82) is 0 Å². The predicted molar refractivity (Wildman–Crippen MR) is 136 cm³/mol. The summed E-state index contributed by atoms with van der Waals surface area (Å²) in [6, 6.07) is 9.63. The summed E-state index contributed by atoms with van der Waals surface area (Å²) in [5.41, 5.74) is 8.30. The highest BCUT2D eigenvalue weighted by Crippen LogP contribution is 2.35. The number of nitrogen functional groups attached to an aromatic ring is 1. The number of rotatable bonds is 5. The number of anilines is 1. The number of carbonyl (C=O) groups is 1. The molecule has 0 saturated carbocycles. The molecule has 1 aliphatic rings. The highest BCUT2D eigenvalue weighted by Gasteiger charge is 2.29. The van der Waals surface area contributed by atoms with Gasteiger partial charge in [0.15, 0.2) is 11.6 Å². The SMILES string of the molecule is CC#CC(=O)N1CCCC(c2nc(-c3ccc(Oc4cc(OC)ccn4)c(F)c3)n3c(N)nccc23)C1. The van der Waals surface area contributed by atoms with Gasteiger partial charge in [-0.2, -0.15) is 0 Å². The molecule has 1 amide bonds. The van der Waals surface area contributed by atoms with Crippen LogP contribution in [0.3, 0.4) is 0 Å². The zero-order valence-electron chi connectivity index (χ0n) is 20.4. The summed E-state index contributed by atoms with van der Waals surface area (Å²) in [5, 5.41) is 0. The molecular weight excluding hydrogens is 475 g/mol. The molecule has 1 atom stereocenters. The number of hydrogen-bond acceptors (Lipinski definition) is 7. The quantitative estimate of drug-likeness (QED) is 0.412. The summed E-state index contributed by atoms with van der Waals surface area (Å²) in [6.07, 6.45) is 4.82. The molecule has 1 saturated heterocycles. The third kappa shape index (κ3) is 4.76. The molecule has 37 heavy (non-hydrogen) atoms. The van der Waals surface area contributed by atoms with Crippen molar-refractivity contribution in [3.05, 3.63) is 60.3 Å². The molecule has 0 radical (unpaired) electrons. The van der Waals surface area contributed by atoms with Gasteiger partial charge in [0, 0.05) is 43.0 Å². The van der Waals surface area contributed by atoms with Crippen molar-refractivity contribution < 1.29 is 18.7 Å². The number of nitrogens with two attached hydrogens (primary N) is 1. The molecule has 0 spiro atoms. The number of imidazole rings is 1. The zero-order valence-corrected chi connectivity index (χ0v) is 20.4. The molecule has 0 aliphatic carbocycles. The average molecular weight is 501 g/mol. The Labute approximate surface area is 213 Å². The van der Waals surface area contributed by atoms with Gasteiger partial charge in [-0.25, -0.2) is 19.3 Å². The second-order valence-corrected chi connectivity index (χ2v) is 8.59. The van der Waals surface area contributed by atoms with Crippen molar-refractivity contribution in [2.75, 3.05) is 25.9 Å². The maximum absolute atomic E-state index is 15.2. The second kappa shape index (κ2) is 10.1. The predicted octanol–water partition coefficient (Wildman–Crippen LogP) is 4.04. The Bertz CT molecular complexity index is 1540. The summed E-state index contributed by atoms with van der Waals surface area (Å²) < 4.78 is 27.7. The highest BCUT2D eigenvalue weighted by molar-refractivity contribution is 5.93. The van der Waals surface area contributed by atoms with Crippen molar-refractivity contribution >= 4 is 17.4 Å². The van der Waals surface area contributed by atoms with Crippen molar-refractivity contribution in [2.45, 2.75) is 25.7 Å². The first kappa shape index (κ1) is 24.1. The number of hydrogen-bond donors (Lipinski definition) is 1. The molecule has 4 heterocycles. The van der Waals surface area contributed by atoms with E-state index in [2.05, 4.69) is 21.8 Å². The van der Waals surface area contributed by atoms with Gasteiger partial charge < -0.3 is 20.1 Å². The molecule has 5 rings (SSSR count). The van der Waals surface area contributed by atoms with Crippen LogP contribution in [0.1, 0.15) is 31.4 Å². The Morgan fingerprint density at radius 1 is 1.19 bits per heavy atom.